The van der Waals surface area contributed by atoms with Crippen LogP contribution in [0.25, 0.3) is 0 Å². The van der Waals surface area contributed by atoms with Crippen LogP contribution in [0.15, 0.2) is 71.3 Å². The highest BCUT2D eigenvalue weighted by atomic mass is 16.3. The van der Waals surface area contributed by atoms with Gasteiger partial charge in [-0.3, -0.25) is 0 Å². The highest BCUT2D eigenvalue weighted by molar-refractivity contribution is 5.76. The van der Waals surface area contributed by atoms with Gasteiger partial charge in [0.1, 0.15) is 0 Å². The first-order chi connectivity index (χ1) is 39.2. The van der Waals surface area contributed by atoms with Crippen molar-refractivity contribution in [3.8, 4) is 0 Å². The molecule has 2 aromatic rings. The van der Waals surface area contributed by atoms with Crippen LogP contribution in [0.3, 0.4) is 0 Å². The quantitative estimate of drug-likeness (QED) is 0.139. The monoisotopic (exact) mass is 1200 g/mol. The number of fused-ring (bicyclic) bond motifs is 4. The minimum absolute atomic E-state index is 0. The Morgan fingerprint density at radius 1 is 0.420 bits per heavy atom. The summed E-state index contributed by atoms with van der Waals surface area (Å²) in [5.41, 5.74) is 7.78. The second-order valence-corrected chi connectivity index (χ2v) is 36.5. The molecule has 2 nitrogen and oxygen atoms in total. The number of aryl methyl sites for hydroxylation is 2. The average molecular weight is 1200 g/mol. The molecule has 8 saturated carbocycles. The van der Waals surface area contributed by atoms with Crippen molar-refractivity contribution < 1.29 is 8.83 Å². The molecule has 10 rings (SSSR count). The first kappa shape index (κ1) is 80.5. The Kier molecular flexibility index (Phi) is 29.0. The predicted molar refractivity (Wildman–Crippen MR) is 388 cm³/mol. The molecule has 18 atom stereocenters. The van der Waals surface area contributed by atoms with E-state index in [9.17, 15) is 0 Å². The Balaban J connectivity index is 0.000000302. The summed E-state index contributed by atoms with van der Waals surface area (Å²) < 4.78 is 10.5. The summed E-state index contributed by atoms with van der Waals surface area (Å²) in [7, 11) is 0. The van der Waals surface area contributed by atoms with Gasteiger partial charge in [0.15, 0.2) is 0 Å². The van der Waals surface area contributed by atoms with Crippen LogP contribution in [0.2, 0.25) is 0 Å². The molecule has 0 bridgehead atoms. The van der Waals surface area contributed by atoms with E-state index in [4.69, 9.17) is 8.83 Å². The average Bonchev–Trinajstić information content (AvgIpc) is 2.92. The molecular weight excluding hydrogens is 1060 g/mol. The van der Waals surface area contributed by atoms with Gasteiger partial charge in [0, 0.05) is 33.7 Å². The standard InChI is InChI=1S/2C21H38.2C20H32O.4B/c1-8-19(3,4)15-12-17-16(2)10-11-18-20(5,6)13-9-14-21(17,18)7;1-8-19(4,5)14-15-21(7)17(3)12-13-20(6)16(2)10-9-11-18(20)21;1-15-6-9-18-19(2,3)11-5-12-20(18,4)17(15)8-7-16-10-13-21-14-16;1-15-6-5-7-18-19(15,3)11-8-16(2)20(18,4)12-9-17-10-13-21-14-17;;;;/h2*8,16-18H,1,9-15H2,2-7H3;10,13-15,17-18H,5-9,11-12H2,1-4H3;10,13-16,18H,5-9,11-12H2,1-4H3;;;;. The molecule has 88 heavy (non-hydrogen) atoms. The molecule has 0 spiro atoms. The lowest BCUT2D eigenvalue weighted by Gasteiger charge is -2.60. The Morgan fingerprint density at radius 3 is 1.23 bits per heavy atom. The van der Waals surface area contributed by atoms with Crippen LogP contribution in [0.1, 0.15) is 317 Å². The smallest absolute Gasteiger partial charge is 0.0934 e. The Morgan fingerprint density at radius 2 is 0.818 bits per heavy atom. The summed E-state index contributed by atoms with van der Waals surface area (Å²) >= 11 is 0. The molecule has 0 aliphatic heterocycles. The topological polar surface area (TPSA) is 26.3 Å². The number of furan rings is 2. The molecule has 2 aromatic heterocycles. The molecule has 0 aromatic carbocycles. The van der Waals surface area contributed by atoms with Crippen molar-refractivity contribution in [1.29, 1.82) is 0 Å². The third kappa shape index (κ3) is 17.2. The molecule has 492 valence electrons. The van der Waals surface area contributed by atoms with E-state index in [1.165, 1.54) is 191 Å². The van der Waals surface area contributed by atoms with Gasteiger partial charge in [-0.15, -0.1) is 13.2 Å². The van der Waals surface area contributed by atoms with Crippen LogP contribution in [-0.4, -0.2) is 33.7 Å². The van der Waals surface area contributed by atoms with Gasteiger partial charge in [-0.1, -0.05) is 202 Å². The SMILES string of the molecule is C=CC(C)(C)CCC1(C)C(C)CCC2(C)C(C)CCCC21.C=CC(C)(C)CCC1C(C)CCC2C(C)(C)CCCC12C.CC1CCC2(C)C(C)CCCC2C1(C)CCc1ccoc1.CC1CCC2C(C)(C)CCCC2(C)C1CCc1ccoc1.[B].[B].[B].[B]. The Bertz CT molecular complexity index is 2350. The van der Waals surface area contributed by atoms with E-state index >= 15 is 0 Å². The van der Waals surface area contributed by atoms with E-state index in [1.54, 1.807) is 0 Å². The summed E-state index contributed by atoms with van der Waals surface area (Å²) in [4.78, 5) is 0. The van der Waals surface area contributed by atoms with E-state index in [2.05, 4.69) is 176 Å². The Labute approximate surface area is 556 Å². The van der Waals surface area contributed by atoms with Crippen LogP contribution < -0.4 is 0 Å². The molecule has 8 aliphatic carbocycles. The van der Waals surface area contributed by atoms with Gasteiger partial charge in [0.2, 0.25) is 0 Å². The van der Waals surface area contributed by atoms with Crippen LogP contribution >= 0.6 is 0 Å². The fourth-order valence-electron chi connectivity index (χ4n) is 22.9. The number of hydrogen-bond acceptors (Lipinski definition) is 2. The maximum Gasteiger partial charge on any atom is 0.0934 e. The molecule has 0 saturated heterocycles. The van der Waals surface area contributed by atoms with Crippen molar-refractivity contribution in [3.05, 3.63) is 73.6 Å². The maximum absolute atomic E-state index is 5.26. The van der Waals surface area contributed by atoms with E-state index < -0.39 is 0 Å². The first-order valence-corrected chi connectivity index (χ1v) is 36.5. The lowest BCUT2D eigenvalue weighted by atomic mass is 9.44. The highest BCUT2D eigenvalue weighted by Crippen LogP contribution is 2.67. The van der Waals surface area contributed by atoms with Gasteiger partial charge < -0.3 is 8.83 Å². The normalized spacial score (nSPS) is 39.7. The van der Waals surface area contributed by atoms with Gasteiger partial charge >= 0.3 is 0 Å². The molecule has 8 fully saturated rings. The van der Waals surface area contributed by atoms with Crippen molar-refractivity contribution in [1.82, 2.24) is 0 Å². The summed E-state index contributed by atoms with van der Waals surface area (Å²) in [5, 5.41) is 0. The van der Waals surface area contributed by atoms with Gasteiger partial charge in [-0.2, -0.15) is 0 Å². The molecule has 18 unspecified atom stereocenters. The summed E-state index contributed by atoms with van der Waals surface area (Å²) in [6.45, 7) is 58.4. The van der Waals surface area contributed by atoms with Crippen LogP contribution in [-0.2, 0) is 12.8 Å². The molecule has 12 radical (unpaired) electrons. The van der Waals surface area contributed by atoms with E-state index in [0.29, 0.717) is 48.7 Å². The van der Waals surface area contributed by atoms with Gasteiger partial charge in [-0.05, 0) is 277 Å². The third-order valence-electron chi connectivity index (χ3n) is 30.0. The minimum Gasteiger partial charge on any atom is -0.472 e. The molecule has 6 heteroatoms. The summed E-state index contributed by atoms with van der Waals surface area (Å²) in [6.07, 6.45) is 51.1. The number of rotatable bonds is 14. The predicted octanol–water partition coefficient (Wildman–Crippen LogP) is 24.4. The second kappa shape index (κ2) is 31.7. The lowest BCUT2D eigenvalue weighted by molar-refractivity contribution is -0.111. The zero-order chi connectivity index (χ0) is 62.0. The highest BCUT2D eigenvalue weighted by Gasteiger charge is 2.58. The minimum atomic E-state index is 0. The van der Waals surface area contributed by atoms with Crippen LogP contribution in [0, 0.1) is 125 Å². The summed E-state index contributed by atoms with van der Waals surface area (Å²) in [5.74, 6) is 10.8. The third-order valence-corrected chi connectivity index (χ3v) is 30.0. The largest absolute Gasteiger partial charge is 0.472 e. The van der Waals surface area contributed by atoms with Gasteiger partial charge in [-0.25, -0.2) is 0 Å². The fourth-order valence-corrected chi connectivity index (χ4v) is 22.9. The number of hydrogen-bond donors (Lipinski definition) is 0. The molecule has 8 aliphatic rings. The van der Waals surface area contributed by atoms with Crippen molar-refractivity contribution in [2.75, 3.05) is 0 Å². The molecule has 0 N–H and O–H groups in total. The second-order valence-electron chi connectivity index (χ2n) is 36.5. The molecule has 2 heterocycles. The van der Waals surface area contributed by atoms with Crippen molar-refractivity contribution in [2.45, 2.75) is 318 Å². The van der Waals surface area contributed by atoms with E-state index in [0.717, 1.165) is 71.0 Å². The number of allylic oxidation sites excluding steroid dienone is 2. The molecular formula is C82H140B4O2. The lowest BCUT2D eigenvalue weighted by Crippen LogP contribution is -2.52. The molecule has 0 amide bonds. The fraction of sp³-hybridized carbons (Fsp3) is 0.854. The first-order valence-electron chi connectivity index (χ1n) is 36.5. The Hall–Kier alpha value is -1.70. The van der Waals surface area contributed by atoms with Gasteiger partial charge in [0.05, 0.1) is 25.1 Å². The van der Waals surface area contributed by atoms with Crippen molar-refractivity contribution in [2.24, 2.45) is 125 Å². The van der Waals surface area contributed by atoms with Crippen LogP contribution in [0.4, 0.5) is 0 Å². The zero-order valence-electron chi connectivity index (χ0n) is 61.9. The van der Waals surface area contributed by atoms with Crippen LogP contribution in [0.5, 0.6) is 0 Å². The van der Waals surface area contributed by atoms with E-state index in [-0.39, 0.29) is 39.1 Å². The summed E-state index contributed by atoms with van der Waals surface area (Å²) in [6, 6.07) is 4.28. The zero-order valence-corrected chi connectivity index (χ0v) is 61.9. The van der Waals surface area contributed by atoms with Crippen molar-refractivity contribution >= 4 is 33.7 Å². The van der Waals surface area contributed by atoms with Crippen molar-refractivity contribution in [3.63, 3.8) is 0 Å². The van der Waals surface area contributed by atoms with Gasteiger partial charge in [0.25, 0.3) is 0 Å². The van der Waals surface area contributed by atoms with E-state index in [1.807, 2.05) is 25.1 Å². The maximum atomic E-state index is 5.26.